The van der Waals surface area contributed by atoms with Crippen molar-refractivity contribution in [3.8, 4) is 0 Å². The van der Waals surface area contributed by atoms with E-state index in [2.05, 4.69) is 0 Å². The van der Waals surface area contributed by atoms with Gasteiger partial charge >= 0.3 is 0 Å². The molecular formula is C10H20O3. The molecule has 0 aromatic rings. The lowest BCUT2D eigenvalue weighted by Gasteiger charge is -2.31. The van der Waals surface area contributed by atoms with Crippen molar-refractivity contribution in [3.05, 3.63) is 0 Å². The fraction of sp³-hybridized carbons (Fsp3) is 1.00. The highest BCUT2D eigenvalue weighted by atomic mass is 16.5. The van der Waals surface area contributed by atoms with E-state index in [1.165, 1.54) is 0 Å². The van der Waals surface area contributed by atoms with E-state index < -0.39 is 0 Å². The molecule has 1 rings (SSSR count). The van der Waals surface area contributed by atoms with Gasteiger partial charge in [-0.3, -0.25) is 0 Å². The van der Waals surface area contributed by atoms with Gasteiger partial charge in [0, 0.05) is 26.2 Å². The first-order valence-electron chi connectivity index (χ1n) is 5.06. The summed E-state index contributed by atoms with van der Waals surface area (Å²) in [7, 11) is 1.75. The summed E-state index contributed by atoms with van der Waals surface area (Å²) in [5.41, 5.74) is 0. The van der Waals surface area contributed by atoms with Gasteiger partial charge in [-0.2, -0.15) is 0 Å². The smallest absolute Gasteiger partial charge is 0.0571 e. The number of rotatable bonds is 4. The lowest BCUT2D eigenvalue weighted by Crippen LogP contribution is -2.29. The quantitative estimate of drug-likeness (QED) is 0.686. The molecule has 2 N–H and O–H groups in total. The minimum absolute atomic E-state index is 0.0813. The highest BCUT2D eigenvalue weighted by Crippen LogP contribution is 2.30. The summed E-state index contributed by atoms with van der Waals surface area (Å²) in [4.78, 5) is 0. The average molecular weight is 188 g/mol. The maximum absolute atomic E-state index is 9.01. The van der Waals surface area contributed by atoms with Crippen LogP contribution >= 0.6 is 0 Å². The van der Waals surface area contributed by atoms with Crippen LogP contribution in [-0.4, -0.2) is 36.6 Å². The van der Waals surface area contributed by atoms with Crippen LogP contribution in [0.25, 0.3) is 0 Å². The molecule has 3 nitrogen and oxygen atoms in total. The first-order chi connectivity index (χ1) is 6.31. The Bertz CT molecular complexity index is 126. The normalized spacial score (nSPS) is 29.5. The molecule has 1 aliphatic carbocycles. The van der Waals surface area contributed by atoms with E-state index in [0.29, 0.717) is 12.0 Å². The van der Waals surface area contributed by atoms with Crippen LogP contribution in [0.3, 0.4) is 0 Å². The number of aliphatic hydroxyl groups is 2. The van der Waals surface area contributed by atoms with Crippen LogP contribution in [0.4, 0.5) is 0 Å². The molecule has 0 radical (unpaired) electrons. The Morgan fingerprint density at radius 3 is 2.08 bits per heavy atom. The second-order valence-electron chi connectivity index (χ2n) is 3.90. The Balaban J connectivity index is 2.30. The van der Waals surface area contributed by atoms with Gasteiger partial charge < -0.3 is 14.9 Å². The molecule has 3 heteroatoms. The van der Waals surface area contributed by atoms with E-state index in [-0.39, 0.29) is 19.1 Å². The van der Waals surface area contributed by atoms with Gasteiger partial charge in [-0.25, -0.2) is 0 Å². The van der Waals surface area contributed by atoms with E-state index in [4.69, 9.17) is 14.9 Å². The van der Waals surface area contributed by atoms with Crippen LogP contribution in [0.15, 0.2) is 0 Å². The molecule has 0 unspecified atom stereocenters. The molecule has 0 atom stereocenters. The third-order valence-corrected chi connectivity index (χ3v) is 3.19. The molecule has 1 aliphatic rings. The van der Waals surface area contributed by atoms with Gasteiger partial charge in [-0.15, -0.1) is 0 Å². The maximum atomic E-state index is 9.01. The zero-order valence-corrected chi connectivity index (χ0v) is 8.28. The van der Waals surface area contributed by atoms with Crippen LogP contribution in [0, 0.1) is 11.8 Å². The third kappa shape index (κ3) is 2.93. The highest BCUT2D eigenvalue weighted by Gasteiger charge is 2.26. The SMILES string of the molecule is COC1CCC(C(CO)CO)CC1. The maximum Gasteiger partial charge on any atom is 0.0571 e. The van der Waals surface area contributed by atoms with E-state index in [1.54, 1.807) is 7.11 Å². The van der Waals surface area contributed by atoms with Crippen molar-refractivity contribution in [2.75, 3.05) is 20.3 Å². The first kappa shape index (κ1) is 11.0. The first-order valence-corrected chi connectivity index (χ1v) is 5.06. The fourth-order valence-electron chi connectivity index (χ4n) is 2.15. The topological polar surface area (TPSA) is 49.7 Å². The number of hydrogen-bond donors (Lipinski definition) is 2. The molecule has 0 aromatic heterocycles. The van der Waals surface area contributed by atoms with Crippen LogP contribution in [-0.2, 0) is 4.74 Å². The fourth-order valence-corrected chi connectivity index (χ4v) is 2.15. The Morgan fingerprint density at radius 1 is 1.15 bits per heavy atom. The molecule has 0 amide bonds. The number of aliphatic hydroxyl groups excluding tert-OH is 2. The van der Waals surface area contributed by atoms with Gasteiger partial charge in [-0.1, -0.05) is 0 Å². The second kappa shape index (κ2) is 5.58. The summed E-state index contributed by atoms with van der Waals surface area (Å²) >= 11 is 0. The van der Waals surface area contributed by atoms with Crippen molar-refractivity contribution in [1.82, 2.24) is 0 Å². The van der Waals surface area contributed by atoms with Crippen molar-refractivity contribution in [3.63, 3.8) is 0 Å². The Morgan fingerprint density at radius 2 is 1.69 bits per heavy atom. The summed E-state index contributed by atoms with van der Waals surface area (Å²) < 4.78 is 5.26. The zero-order valence-electron chi connectivity index (χ0n) is 8.28. The van der Waals surface area contributed by atoms with Crippen molar-refractivity contribution in [2.45, 2.75) is 31.8 Å². The largest absolute Gasteiger partial charge is 0.396 e. The predicted molar refractivity (Wildman–Crippen MR) is 50.4 cm³/mol. The Kier molecular flexibility index (Phi) is 4.70. The van der Waals surface area contributed by atoms with Crippen molar-refractivity contribution < 1.29 is 14.9 Å². The standard InChI is InChI=1S/C10H20O3/c1-13-10-4-2-8(3-5-10)9(6-11)7-12/h8-12H,2-7H2,1H3. The Labute approximate surface area is 79.7 Å². The van der Waals surface area contributed by atoms with Crippen LogP contribution < -0.4 is 0 Å². The van der Waals surface area contributed by atoms with Crippen LogP contribution in [0.1, 0.15) is 25.7 Å². The van der Waals surface area contributed by atoms with Crippen molar-refractivity contribution in [1.29, 1.82) is 0 Å². The lowest BCUT2D eigenvalue weighted by atomic mass is 9.79. The molecule has 78 valence electrons. The van der Waals surface area contributed by atoms with Gasteiger partial charge in [0.15, 0.2) is 0 Å². The summed E-state index contributed by atoms with van der Waals surface area (Å²) in [6.45, 7) is 0.220. The molecule has 13 heavy (non-hydrogen) atoms. The van der Waals surface area contributed by atoms with Crippen LogP contribution in [0.5, 0.6) is 0 Å². The highest BCUT2D eigenvalue weighted by molar-refractivity contribution is 4.77. The zero-order chi connectivity index (χ0) is 9.68. The van der Waals surface area contributed by atoms with E-state index in [9.17, 15) is 0 Å². The molecule has 0 saturated heterocycles. The van der Waals surface area contributed by atoms with Crippen molar-refractivity contribution in [2.24, 2.45) is 11.8 Å². The molecule has 0 bridgehead atoms. The van der Waals surface area contributed by atoms with Gasteiger partial charge in [0.25, 0.3) is 0 Å². The molecule has 1 saturated carbocycles. The molecule has 1 fully saturated rings. The van der Waals surface area contributed by atoms with E-state index in [1.807, 2.05) is 0 Å². The monoisotopic (exact) mass is 188 g/mol. The molecule has 0 heterocycles. The second-order valence-corrected chi connectivity index (χ2v) is 3.90. The molecular weight excluding hydrogens is 168 g/mol. The average Bonchev–Trinajstić information content (AvgIpc) is 2.21. The van der Waals surface area contributed by atoms with E-state index in [0.717, 1.165) is 25.7 Å². The number of methoxy groups -OCH3 is 1. The summed E-state index contributed by atoms with van der Waals surface area (Å²) in [5, 5.41) is 18.0. The van der Waals surface area contributed by atoms with Gasteiger partial charge in [0.1, 0.15) is 0 Å². The predicted octanol–water partition coefficient (Wildman–Crippen LogP) is 0.792. The molecule has 0 aliphatic heterocycles. The van der Waals surface area contributed by atoms with Crippen LogP contribution in [0.2, 0.25) is 0 Å². The number of ether oxygens (including phenoxy) is 1. The number of hydrogen-bond acceptors (Lipinski definition) is 3. The summed E-state index contributed by atoms with van der Waals surface area (Å²) in [5.74, 6) is 0.569. The lowest BCUT2D eigenvalue weighted by molar-refractivity contribution is 0.0251. The minimum Gasteiger partial charge on any atom is -0.396 e. The van der Waals surface area contributed by atoms with Gasteiger partial charge in [0.2, 0.25) is 0 Å². The van der Waals surface area contributed by atoms with E-state index >= 15 is 0 Å². The Hall–Kier alpha value is -0.120. The molecule has 0 spiro atoms. The minimum atomic E-state index is 0.0813. The third-order valence-electron chi connectivity index (χ3n) is 3.19. The van der Waals surface area contributed by atoms with Gasteiger partial charge in [-0.05, 0) is 31.6 Å². The summed E-state index contributed by atoms with van der Waals surface area (Å²) in [6.07, 6.45) is 4.68. The summed E-state index contributed by atoms with van der Waals surface area (Å²) in [6, 6.07) is 0. The van der Waals surface area contributed by atoms with Crippen molar-refractivity contribution >= 4 is 0 Å². The molecule has 0 aromatic carbocycles. The van der Waals surface area contributed by atoms with Gasteiger partial charge in [0.05, 0.1) is 6.10 Å².